The highest BCUT2D eigenvalue weighted by Crippen LogP contribution is 2.34. The van der Waals surface area contributed by atoms with E-state index in [-0.39, 0.29) is 18.1 Å². The predicted molar refractivity (Wildman–Crippen MR) is 149 cm³/mol. The molecule has 0 saturated carbocycles. The Hall–Kier alpha value is -5.00. The Labute approximate surface area is 234 Å². The number of rotatable bonds is 6. The molecule has 0 saturated heterocycles. The van der Waals surface area contributed by atoms with Crippen LogP contribution in [0, 0.1) is 13.8 Å². The van der Waals surface area contributed by atoms with Crippen molar-refractivity contribution in [3.05, 3.63) is 94.9 Å². The molecule has 0 fully saturated rings. The van der Waals surface area contributed by atoms with Gasteiger partial charge in [0.2, 0.25) is 5.95 Å². The third-order valence-electron chi connectivity index (χ3n) is 6.67. The fourth-order valence-electron chi connectivity index (χ4n) is 4.51. The van der Waals surface area contributed by atoms with Crippen molar-refractivity contribution in [3.63, 3.8) is 0 Å². The lowest BCUT2D eigenvalue weighted by atomic mass is 10.1. The highest BCUT2D eigenvalue weighted by molar-refractivity contribution is 6.07. The van der Waals surface area contributed by atoms with Crippen LogP contribution in [0.5, 0.6) is 0 Å². The minimum atomic E-state index is -4.57. The Balaban J connectivity index is 1.41. The molecule has 1 aliphatic rings. The number of aromatic nitrogens is 3. The van der Waals surface area contributed by atoms with E-state index in [9.17, 15) is 22.8 Å². The summed E-state index contributed by atoms with van der Waals surface area (Å²) >= 11 is 0. The quantitative estimate of drug-likeness (QED) is 0.280. The Kier molecular flexibility index (Phi) is 7.31. The molecular weight excluding hydrogens is 535 g/mol. The number of amides is 3. The molecule has 0 bridgehead atoms. The number of hydrogen-bond acceptors (Lipinski definition) is 6. The van der Waals surface area contributed by atoms with Crippen molar-refractivity contribution in [2.75, 3.05) is 27.0 Å². The SMILES string of the molecule is CCN1C(=O)N(c2cc(NC(=O)c3cccc(C(F)(F)F)c3)ccc2C)Cc2cnc(Nc3cccnc3C)nc21. The lowest BCUT2D eigenvalue weighted by Gasteiger charge is -2.36. The van der Waals surface area contributed by atoms with E-state index in [0.717, 1.165) is 34.6 Å². The monoisotopic (exact) mass is 561 g/mol. The number of nitrogens with one attached hydrogen (secondary N) is 2. The van der Waals surface area contributed by atoms with Gasteiger partial charge in [0.25, 0.3) is 5.91 Å². The van der Waals surface area contributed by atoms with Crippen LogP contribution in [0.25, 0.3) is 0 Å². The maximum atomic E-state index is 13.6. The fraction of sp³-hybridized carbons (Fsp3) is 0.207. The van der Waals surface area contributed by atoms with Gasteiger partial charge in [0.05, 0.1) is 29.2 Å². The second-order valence-electron chi connectivity index (χ2n) is 9.45. The van der Waals surface area contributed by atoms with Gasteiger partial charge >= 0.3 is 12.2 Å². The normalized spacial score (nSPS) is 13.2. The van der Waals surface area contributed by atoms with Crippen LogP contribution >= 0.6 is 0 Å². The molecule has 12 heteroatoms. The van der Waals surface area contributed by atoms with Gasteiger partial charge in [-0.05, 0) is 68.8 Å². The molecule has 9 nitrogen and oxygen atoms in total. The van der Waals surface area contributed by atoms with Crippen molar-refractivity contribution in [2.24, 2.45) is 0 Å². The maximum absolute atomic E-state index is 13.6. The number of nitrogens with zero attached hydrogens (tertiary/aromatic N) is 5. The number of alkyl halides is 3. The van der Waals surface area contributed by atoms with Gasteiger partial charge in [-0.1, -0.05) is 12.1 Å². The van der Waals surface area contributed by atoms with Gasteiger partial charge < -0.3 is 10.6 Å². The number of halogens is 3. The average molecular weight is 562 g/mol. The summed E-state index contributed by atoms with van der Waals surface area (Å²) in [6.45, 7) is 6.05. The number of hydrogen-bond donors (Lipinski definition) is 2. The zero-order chi connectivity index (χ0) is 29.3. The fourth-order valence-corrected chi connectivity index (χ4v) is 4.51. The number of urea groups is 1. The van der Waals surface area contributed by atoms with Crippen LogP contribution in [-0.2, 0) is 12.7 Å². The molecule has 0 spiro atoms. The number of benzene rings is 2. The summed E-state index contributed by atoms with van der Waals surface area (Å²) in [5, 5.41) is 5.79. The van der Waals surface area contributed by atoms with E-state index in [2.05, 4.69) is 25.6 Å². The Bertz CT molecular complexity index is 1640. The smallest absolute Gasteiger partial charge is 0.323 e. The van der Waals surface area contributed by atoms with Gasteiger partial charge in [-0.3, -0.25) is 19.6 Å². The highest BCUT2D eigenvalue weighted by Gasteiger charge is 2.33. The minimum Gasteiger partial charge on any atom is -0.323 e. The highest BCUT2D eigenvalue weighted by atomic mass is 19.4. The van der Waals surface area contributed by atoms with E-state index in [1.807, 2.05) is 26.8 Å². The molecule has 0 unspecified atom stereocenters. The molecular formula is C29H26F3N7O2. The zero-order valence-electron chi connectivity index (χ0n) is 22.5. The van der Waals surface area contributed by atoms with Crippen LogP contribution in [0.2, 0.25) is 0 Å². The second-order valence-corrected chi connectivity index (χ2v) is 9.45. The summed E-state index contributed by atoms with van der Waals surface area (Å²) < 4.78 is 39.3. The molecule has 4 aromatic rings. The molecule has 1 aliphatic heterocycles. The van der Waals surface area contributed by atoms with E-state index in [4.69, 9.17) is 0 Å². The average Bonchev–Trinajstić information content (AvgIpc) is 2.95. The number of anilines is 5. The van der Waals surface area contributed by atoms with E-state index < -0.39 is 17.6 Å². The summed E-state index contributed by atoms with van der Waals surface area (Å²) in [6.07, 6.45) is -1.22. The molecule has 3 heterocycles. The van der Waals surface area contributed by atoms with Gasteiger partial charge in [0, 0.05) is 35.8 Å². The van der Waals surface area contributed by atoms with Crippen LogP contribution in [0.4, 0.5) is 46.8 Å². The first kappa shape index (κ1) is 27.6. The first-order chi connectivity index (χ1) is 19.5. The first-order valence-corrected chi connectivity index (χ1v) is 12.8. The van der Waals surface area contributed by atoms with Crippen molar-refractivity contribution < 1.29 is 22.8 Å². The summed E-state index contributed by atoms with van der Waals surface area (Å²) in [4.78, 5) is 42.8. The molecule has 0 radical (unpaired) electrons. The topological polar surface area (TPSA) is 103 Å². The van der Waals surface area contributed by atoms with Gasteiger partial charge in [0.1, 0.15) is 5.82 Å². The van der Waals surface area contributed by atoms with Crippen LogP contribution in [0.15, 0.2) is 67.0 Å². The summed E-state index contributed by atoms with van der Waals surface area (Å²) in [7, 11) is 0. The van der Waals surface area contributed by atoms with Crippen molar-refractivity contribution in [1.29, 1.82) is 0 Å². The molecule has 41 heavy (non-hydrogen) atoms. The van der Waals surface area contributed by atoms with E-state index >= 15 is 0 Å². The number of carbonyl (C=O) groups excluding carboxylic acids is 2. The molecule has 0 atom stereocenters. The van der Waals surface area contributed by atoms with Crippen LogP contribution in [-0.4, -0.2) is 33.4 Å². The van der Waals surface area contributed by atoms with E-state index in [0.29, 0.717) is 29.7 Å². The number of fused-ring (bicyclic) bond motifs is 1. The van der Waals surface area contributed by atoms with Gasteiger partial charge in [-0.25, -0.2) is 9.78 Å². The second kappa shape index (κ2) is 10.9. The third kappa shape index (κ3) is 5.67. The van der Waals surface area contributed by atoms with Gasteiger partial charge in [0.15, 0.2) is 0 Å². The number of carbonyl (C=O) groups is 2. The largest absolute Gasteiger partial charge is 0.416 e. The summed E-state index contributed by atoms with van der Waals surface area (Å²) in [5.41, 5.74) is 2.83. The standard InChI is InChI=1S/C29H26F3N7O2/c1-4-38-25-20(15-34-27(37-25)36-23-9-6-12-33-18(23)3)16-39(28(38)41)24-14-22(11-10-17(24)2)35-26(40)19-7-5-8-21(13-19)29(30,31)32/h5-15H,4,16H2,1-3H3,(H,35,40)(H,34,36,37). The van der Waals surface area contributed by atoms with E-state index in [1.54, 1.807) is 41.6 Å². The lowest BCUT2D eigenvalue weighted by Crippen LogP contribution is -2.48. The van der Waals surface area contributed by atoms with Crippen molar-refractivity contribution in [2.45, 2.75) is 33.5 Å². The molecule has 2 aromatic heterocycles. The van der Waals surface area contributed by atoms with Crippen molar-refractivity contribution >= 4 is 40.8 Å². The molecule has 5 rings (SSSR count). The Morgan fingerprint density at radius 3 is 2.59 bits per heavy atom. The van der Waals surface area contributed by atoms with Gasteiger partial charge in [-0.2, -0.15) is 18.2 Å². The Morgan fingerprint density at radius 1 is 1.05 bits per heavy atom. The van der Waals surface area contributed by atoms with Crippen molar-refractivity contribution in [1.82, 2.24) is 15.0 Å². The lowest BCUT2D eigenvalue weighted by molar-refractivity contribution is -0.137. The predicted octanol–water partition coefficient (Wildman–Crippen LogP) is 6.47. The first-order valence-electron chi connectivity index (χ1n) is 12.8. The number of aryl methyl sites for hydroxylation is 2. The van der Waals surface area contributed by atoms with Crippen LogP contribution < -0.4 is 20.4 Å². The maximum Gasteiger partial charge on any atom is 0.416 e. The molecule has 2 aromatic carbocycles. The van der Waals surface area contributed by atoms with Gasteiger partial charge in [-0.15, -0.1) is 0 Å². The zero-order valence-corrected chi connectivity index (χ0v) is 22.5. The molecule has 210 valence electrons. The summed E-state index contributed by atoms with van der Waals surface area (Å²) in [6, 6.07) is 12.5. The Morgan fingerprint density at radius 2 is 1.85 bits per heavy atom. The molecule has 3 amide bonds. The minimum absolute atomic E-state index is 0.134. The van der Waals surface area contributed by atoms with Crippen LogP contribution in [0.3, 0.4) is 0 Å². The van der Waals surface area contributed by atoms with Crippen molar-refractivity contribution in [3.8, 4) is 0 Å². The van der Waals surface area contributed by atoms with E-state index in [1.165, 1.54) is 17.0 Å². The molecule has 0 aliphatic carbocycles. The van der Waals surface area contributed by atoms with Crippen LogP contribution in [0.1, 0.15) is 39.7 Å². The summed E-state index contributed by atoms with van der Waals surface area (Å²) in [5.74, 6) is 0.114. The number of pyridine rings is 1. The molecule has 2 N–H and O–H groups in total. The third-order valence-corrected chi connectivity index (χ3v) is 6.67.